The molecule has 0 aromatic carbocycles. The van der Waals surface area contributed by atoms with Crippen LogP contribution in [0, 0.1) is 0 Å². The van der Waals surface area contributed by atoms with Crippen LogP contribution in [-0.4, -0.2) is 28.9 Å². The van der Waals surface area contributed by atoms with Crippen molar-refractivity contribution in [3.8, 4) is 0 Å². The molecule has 1 aromatic rings. The minimum absolute atomic E-state index is 0.0117. The number of Topliss-reactive ketones (excluding diaryl/α,β-unsaturated/α-hetero) is 1. The predicted molar refractivity (Wildman–Crippen MR) is 78.6 cm³/mol. The number of nitrogens with one attached hydrogen (secondary N) is 1. The number of esters is 1. The molecule has 0 atom stereocenters. The highest BCUT2D eigenvalue weighted by molar-refractivity contribution is 7.17. The van der Waals surface area contributed by atoms with Crippen LogP contribution in [0.1, 0.15) is 66.6 Å². The summed E-state index contributed by atoms with van der Waals surface area (Å²) < 4.78 is 4.95. The molecule has 1 fully saturated rings. The van der Waals surface area contributed by atoms with E-state index in [4.69, 9.17) is 4.74 Å². The number of thiazole rings is 1. The Labute approximate surface area is 122 Å². The van der Waals surface area contributed by atoms with Gasteiger partial charge in [0.1, 0.15) is 4.88 Å². The van der Waals surface area contributed by atoms with Crippen LogP contribution >= 0.6 is 11.3 Å². The van der Waals surface area contributed by atoms with Gasteiger partial charge in [-0.3, -0.25) is 4.79 Å². The van der Waals surface area contributed by atoms with Crippen molar-refractivity contribution in [1.82, 2.24) is 4.98 Å². The van der Waals surface area contributed by atoms with Gasteiger partial charge in [-0.25, -0.2) is 9.78 Å². The first-order valence-corrected chi connectivity index (χ1v) is 7.74. The molecule has 1 aliphatic carbocycles. The van der Waals surface area contributed by atoms with Gasteiger partial charge in [0.15, 0.2) is 16.6 Å². The van der Waals surface area contributed by atoms with Gasteiger partial charge in [0, 0.05) is 12.5 Å². The molecule has 0 spiro atoms. The smallest absolute Gasteiger partial charge is 0.358 e. The SMILES string of the molecule is CCOC(=O)c1nc(NC2(C)CCCC2)sc1C(C)=O. The summed E-state index contributed by atoms with van der Waals surface area (Å²) in [4.78, 5) is 28.1. The fourth-order valence-corrected chi connectivity index (χ4v) is 3.49. The third kappa shape index (κ3) is 3.17. The number of hydrogen-bond donors (Lipinski definition) is 1. The first-order chi connectivity index (χ1) is 9.45. The van der Waals surface area contributed by atoms with E-state index in [1.165, 1.54) is 31.1 Å². The van der Waals surface area contributed by atoms with Gasteiger partial charge in [0.2, 0.25) is 0 Å². The van der Waals surface area contributed by atoms with Crippen LogP contribution in [0.2, 0.25) is 0 Å². The number of hydrogen-bond acceptors (Lipinski definition) is 6. The Morgan fingerprint density at radius 3 is 2.60 bits per heavy atom. The Kier molecular flexibility index (Phi) is 4.42. The van der Waals surface area contributed by atoms with Gasteiger partial charge in [-0.2, -0.15) is 0 Å². The van der Waals surface area contributed by atoms with Gasteiger partial charge < -0.3 is 10.1 Å². The molecule has 0 amide bonds. The molecule has 1 saturated carbocycles. The van der Waals surface area contributed by atoms with Crippen LogP contribution in [-0.2, 0) is 4.74 Å². The maximum atomic E-state index is 11.8. The average Bonchev–Trinajstić information content (AvgIpc) is 2.97. The van der Waals surface area contributed by atoms with Crippen molar-refractivity contribution in [3.63, 3.8) is 0 Å². The maximum Gasteiger partial charge on any atom is 0.358 e. The summed E-state index contributed by atoms with van der Waals surface area (Å²) >= 11 is 1.23. The van der Waals surface area contributed by atoms with Crippen LogP contribution in [0.5, 0.6) is 0 Å². The minimum Gasteiger partial charge on any atom is -0.461 e. The van der Waals surface area contributed by atoms with Crippen molar-refractivity contribution in [3.05, 3.63) is 10.6 Å². The van der Waals surface area contributed by atoms with Crippen LogP contribution in [0.3, 0.4) is 0 Å². The number of nitrogens with zero attached hydrogens (tertiary/aromatic N) is 1. The van der Waals surface area contributed by atoms with Gasteiger partial charge >= 0.3 is 5.97 Å². The van der Waals surface area contributed by atoms with Gasteiger partial charge in [-0.1, -0.05) is 24.2 Å². The number of aromatic nitrogens is 1. The van der Waals surface area contributed by atoms with Gasteiger partial charge in [0.25, 0.3) is 0 Å². The zero-order valence-corrected chi connectivity index (χ0v) is 12.9. The molecule has 1 heterocycles. The van der Waals surface area contributed by atoms with E-state index in [-0.39, 0.29) is 23.6 Å². The molecular formula is C14H20N2O3S. The van der Waals surface area contributed by atoms with E-state index >= 15 is 0 Å². The van der Waals surface area contributed by atoms with Crippen molar-refractivity contribution < 1.29 is 14.3 Å². The second-order valence-electron chi connectivity index (χ2n) is 5.37. The summed E-state index contributed by atoms with van der Waals surface area (Å²) in [6.45, 7) is 5.60. The number of ether oxygens (including phenoxy) is 1. The highest BCUT2D eigenvalue weighted by Crippen LogP contribution is 2.34. The van der Waals surface area contributed by atoms with Crippen LogP contribution < -0.4 is 5.32 Å². The van der Waals surface area contributed by atoms with Crippen LogP contribution in [0.4, 0.5) is 5.13 Å². The Balaban J connectivity index is 2.24. The highest BCUT2D eigenvalue weighted by Gasteiger charge is 2.31. The fourth-order valence-electron chi connectivity index (χ4n) is 2.49. The summed E-state index contributed by atoms with van der Waals surface area (Å²) in [5.41, 5.74) is 0.145. The molecule has 20 heavy (non-hydrogen) atoms. The van der Waals surface area contributed by atoms with E-state index in [1.807, 2.05) is 0 Å². The summed E-state index contributed by atoms with van der Waals surface area (Å²) in [5, 5.41) is 4.00. The van der Waals surface area contributed by atoms with E-state index in [0.717, 1.165) is 12.8 Å². The molecule has 0 aliphatic heterocycles. The molecule has 1 N–H and O–H groups in total. The molecule has 0 unspecified atom stereocenters. The summed E-state index contributed by atoms with van der Waals surface area (Å²) in [5.74, 6) is -0.686. The van der Waals surface area contributed by atoms with Crippen molar-refractivity contribution in [1.29, 1.82) is 0 Å². The maximum absolute atomic E-state index is 11.8. The summed E-state index contributed by atoms with van der Waals surface area (Å²) in [6.07, 6.45) is 4.55. The monoisotopic (exact) mass is 296 g/mol. The van der Waals surface area contributed by atoms with E-state index in [9.17, 15) is 9.59 Å². The minimum atomic E-state index is -0.529. The number of ketones is 1. The van der Waals surface area contributed by atoms with Crippen molar-refractivity contribution >= 4 is 28.2 Å². The molecular weight excluding hydrogens is 276 g/mol. The van der Waals surface area contributed by atoms with E-state index in [2.05, 4.69) is 17.2 Å². The zero-order valence-electron chi connectivity index (χ0n) is 12.1. The summed E-state index contributed by atoms with van der Waals surface area (Å²) in [6, 6.07) is 0. The number of rotatable bonds is 5. The van der Waals surface area contributed by atoms with Crippen molar-refractivity contribution in [2.45, 2.75) is 52.0 Å². The van der Waals surface area contributed by atoms with Gasteiger partial charge in [-0.15, -0.1) is 0 Å². The molecule has 1 aromatic heterocycles. The molecule has 0 bridgehead atoms. The predicted octanol–water partition coefficient (Wildman–Crippen LogP) is 3.27. The highest BCUT2D eigenvalue weighted by atomic mass is 32.1. The number of anilines is 1. The van der Waals surface area contributed by atoms with Gasteiger partial charge in [0.05, 0.1) is 6.61 Å². The Bertz CT molecular complexity index is 518. The molecule has 5 nitrogen and oxygen atoms in total. The molecule has 0 saturated heterocycles. The normalized spacial score (nSPS) is 16.9. The van der Waals surface area contributed by atoms with Gasteiger partial charge in [-0.05, 0) is 26.7 Å². The first-order valence-electron chi connectivity index (χ1n) is 6.92. The van der Waals surface area contributed by atoms with E-state index in [1.54, 1.807) is 6.92 Å². The third-order valence-corrected chi connectivity index (χ3v) is 4.60. The molecule has 110 valence electrons. The topological polar surface area (TPSA) is 68.3 Å². The van der Waals surface area contributed by atoms with Crippen LogP contribution in [0.15, 0.2) is 0 Å². The molecule has 6 heteroatoms. The number of carbonyl (C=O) groups excluding carboxylic acids is 2. The number of carbonyl (C=O) groups is 2. The van der Waals surface area contributed by atoms with Crippen LogP contribution in [0.25, 0.3) is 0 Å². The Morgan fingerprint density at radius 2 is 2.05 bits per heavy atom. The van der Waals surface area contributed by atoms with Crippen molar-refractivity contribution in [2.75, 3.05) is 11.9 Å². The lowest BCUT2D eigenvalue weighted by Crippen LogP contribution is -2.30. The first kappa shape index (κ1) is 15.0. The lowest BCUT2D eigenvalue weighted by molar-refractivity contribution is 0.0517. The average molecular weight is 296 g/mol. The zero-order chi connectivity index (χ0) is 14.8. The largest absolute Gasteiger partial charge is 0.461 e. The van der Waals surface area contributed by atoms with Crippen molar-refractivity contribution in [2.24, 2.45) is 0 Å². The molecule has 2 rings (SSSR count). The quantitative estimate of drug-likeness (QED) is 0.667. The Morgan fingerprint density at radius 1 is 1.40 bits per heavy atom. The Hall–Kier alpha value is -1.43. The summed E-state index contributed by atoms with van der Waals surface area (Å²) in [7, 11) is 0. The second kappa shape index (κ2) is 5.91. The van der Waals surface area contributed by atoms with E-state index < -0.39 is 5.97 Å². The standard InChI is InChI=1S/C14H20N2O3S/c1-4-19-12(18)10-11(9(2)17)20-13(15-10)16-14(3)7-5-6-8-14/h4-8H2,1-3H3,(H,15,16). The van der Waals surface area contributed by atoms with E-state index in [0.29, 0.717) is 10.0 Å². The lowest BCUT2D eigenvalue weighted by atomic mass is 10.0. The second-order valence-corrected chi connectivity index (χ2v) is 6.37. The molecule has 0 radical (unpaired) electrons. The molecule has 1 aliphatic rings. The lowest BCUT2D eigenvalue weighted by Gasteiger charge is -2.24. The fraction of sp³-hybridized carbons (Fsp3) is 0.643. The third-order valence-electron chi connectivity index (χ3n) is 3.53.